The van der Waals surface area contributed by atoms with Gasteiger partial charge >= 0.3 is 5.97 Å². The van der Waals surface area contributed by atoms with E-state index in [2.05, 4.69) is 5.16 Å². The number of rotatable bonds is 4. The Balaban J connectivity index is 2.54. The van der Waals surface area contributed by atoms with Crippen LogP contribution in [0.1, 0.15) is 36.9 Å². The molecule has 2 rings (SSSR count). The van der Waals surface area contributed by atoms with E-state index in [0.717, 1.165) is 0 Å². The van der Waals surface area contributed by atoms with Crippen molar-refractivity contribution in [3.63, 3.8) is 0 Å². The van der Waals surface area contributed by atoms with E-state index < -0.39 is 18.2 Å². The molecule has 1 aromatic carbocycles. The maximum absolute atomic E-state index is 13.1. The Labute approximate surface area is 128 Å². The third kappa shape index (κ3) is 3.27. The minimum absolute atomic E-state index is 0.0121. The minimum atomic E-state index is -0.948. The monoisotopic (exact) mass is 307 g/mol. The summed E-state index contributed by atoms with van der Waals surface area (Å²) in [5.41, 5.74) is 0.0237. The summed E-state index contributed by atoms with van der Waals surface area (Å²) >= 11 is 0. The number of benzene rings is 1. The lowest BCUT2D eigenvalue weighted by Crippen LogP contribution is -2.24. The van der Waals surface area contributed by atoms with Gasteiger partial charge in [-0.2, -0.15) is 0 Å². The molecule has 0 saturated heterocycles. The van der Waals surface area contributed by atoms with Crippen LogP contribution in [0.2, 0.25) is 0 Å². The van der Waals surface area contributed by atoms with Crippen LogP contribution in [0.4, 0.5) is 4.39 Å². The van der Waals surface area contributed by atoms with E-state index in [1.54, 1.807) is 45.0 Å². The minimum Gasteiger partial charge on any atom is -0.496 e. The second-order valence-electron chi connectivity index (χ2n) is 5.67. The predicted molar refractivity (Wildman–Crippen MR) is 78.5 cm³/mol. The van der Waals surface area contributed by atoms with Crippen molar-refractivity contribution in [3.05, 3.63) is 35.6 Å². The Morgan fingerprint density at radius 1 is 1.32 bits per heavy atom. The lowest BCUT2D eigenvalue weighted by molar-refractivity contribution is 0.00670. The average Bonchev–Trinajstić information content (AvgIpc) is 2.89. The highest BCUT2D eigenvalue weighted by atomic mass is 19.1. The number of aromatic nitrogens is 1. The first kappa shape index (κ1) is 16.0. The summed E-state index contributed by atoms with van der Waals surface area (Å²) < 4.78 is 28.6. The van der Waals surface area contributed by atoms with Crippen molar-refractivity contribution >= 4 is 5.97 Å². The van der Waals surface area contributed by atoms with Crippen molar-refractivity contribution in [3.8, 4) is 17.0 Å². The van der Waals surface area contributed by atoms with Gasteiger partial charge in [-0.1, -0.05) is 17.3 Å². The Morgan fingerprint density at radius 2 is 2.00 bits per heavy atom. The molecular weight excluding hydrogens is 289 g/mol. The molecule has 6 heteroatoms. The van der Waals surface area contributed by atoms with Crippen LogP contribution < -0.4 is 4.74 Å². The predicted octanol–water partition coefficient (Wildman–Crippen LogP) is 3.78. The molecule has 0 N–H and O–H groups in total. The number of hydrogen-bond acceptors (Lipinski definition) is 5. The summed E-state index contributed by atoms with van der Waals surface area (Å²) in [5.74, 6) is -0.330. The standard InChI is InChI=1S/C16H18FNO4/c1-16(2,3)21-15(19)13-12(9-17)22-18-14(13)10-7-5-6-8-11(10)20-4/h5-8H,9H2,1-4H3. The Morgan fingerprint density at radius 3 is 2.59 bits per heavy atom. The molecule has 22 heavy (non-hydrogen) atoms. The van der Waals surface area contributed by atoms with Crippen molar-refractivity contribution in [2.45, 2.75) is 33.0 Å². The highest BCUT2D eigenvalue weighted by Crippen LogP contribution is 2.34. The maximum atomic E-state index is 13.1. The largest absolute Gasteiger partial charge is 0.496 e. The van der Waals surface area contributed by atoms with Gasteiger partial charge in [-0.15, -0.1) is 0 Å². The number of carbonyl (C=O) groups excluding carboxylic acids is 1. The van der Waals surface area contributed by atoms with Crippen molar-refractivity contribution in [1.29, 1.82) is 0 Å². The van der Waals surface area contributed by atoms with Gasteiger partial charge in [0, 0.05) is 5.56 Å². The molecule has 0 aliphatic rings. The normalized spacial score (nSPS) is 11.3. The highest BCUT2D eigenvalue weighted by molar-refractivity contribution is 5.98. The van der Waals surface area contributed by atoms with Crippen LogP contribution in [-0.4, -0.2) is 23.8 Å². The fraction of sp³-hybridized carbons (Fsp3) is 0.375. The van der Waals surface area contributed by atoms with Gasteiger partial charge in [-0.05, 0) is 32.9 Å². The number of ether oxygens (including phenoxy) is 2. The number of para-hydroxylation sites is 1. The van der Waals surface area contributed by atoms with E-state index >= 15 is 0 Å². The van der Waals surface area contributed by atoms with Crippen LogP contribution in [0.5, 0.6) is 5.75 Å². The number of carbonyl (C=O) groups is 1. The molecule has 0 atom stereocenters. The summed E-state index contributed by atoms with van der Waals surface area (Å²) in [6.07, 6.45) is 0. The molecule has 0 unspecified atom stereocenters. The number of methoxy groups -OCH3 is 1. The topological polar surface area (TPSA) is 61.6 Å². The molecule has 0 fully saturated rings. The van der Waals surface area contributed by atoms with Crippen LogP contribution >= 0.6 is 0 Å². The number of hydrogen-bond donors (Lipinski definition) is 0. The van der Waals surface area contributed by atoms with Crippen LogP contribution in [0.25, 0.3) is 11.3 Å². The van der Waals surface area contributed by atoms with Crippen LogP contribution in [0.15, 0.2) is 28.8 Å². The zero-order valence-electron chi connectivity index (χ0n) is 13.0. The van der Waals surface area contributed by atoms with Crippen molar-refractivity contribution < 1.29 is 23.2 Å². The zero-order valence-corrected chi connectivity index (χ0v) is 13.0. The molecular formula is C16H18FNO4. The number of halogens is 1. The van der Waals surface area contributed by atoms with Crippen LogP contribution in [-0.2, 0) is 11.4 Å². The second-order valence-corrected chi connectivity index (χ2v) is 5.67. The fourth-order valence-electron chi connectivity index (χ4n) is 1.98. The summed E-state index contributed by atoms with van der Waals surface area (Å²) in [7, 11) is 1.50. The third-order valence-electron chi connectivity index (χ3n) is 2.85. The lowest BCUT2D eigenvalue weighted by atomic mass is 10.0. The summed E-state index contributed by atoms with van der Waals surface area (Å²) in [4.78, 5) is 12.4. The number of alkyl halides is 1. The first-order valence-corrected chi connectivity index (χ1v) is 6.78. The first-order chi connectivity index (χ1) is 10.4. The Hall–Kier alpha value is -2.37. The van der Waals surface area contributed by atoms with Gasteiger partial charge in [0.25, 0.3) is 0 Å². The van der Waals surface area contributed by atoms with E-state index in [9.17, 15) is 9.18 Å². The molecule has 1 heterocycles. The molecule has 0 aliphatic heterocycles. The van der Waals surface area contributed by atoms with Crippen LogP contribution in [0.3, 0.4) is 0 Å². The van der Waals surface area contributed by atoms with Crippen LogP contribution in [0, 0.1) is 0 Å². The van der Waals surface area contributed by atoms with Gasteiger partial charge in [-0.25, -0.2) is 9.18 Å². The molecule has 2 aromatic rings. The molecule has 1 aromatic heterocycles. The second kappa shape index (κ2) is 6.17. The van der Waals surface area contributed by atoms with Crippen molar-refractivity contribution in [2.24, 2.45) is 0 Å². The first-order valence-electron chi connectivity index (χ1n) is 6.78. The quantitative estimate of drug-likeness (QED) is 0.804. The molecule has 0 radical (unpaired) electrons. The average molecular weight is 307 g/mol. The van der Waals surface area contributed by atoms with E-state index in [0.29, 0.717) is 11.3 Å². The van der Waals surface area contributed by atoms with Gasteiger partial charge in [0.2, 0.25) is 0 Å². The van der Waals surface area contributed by atoms with Gasteiger partial charge < -0.3 is 14.0 Å². The molecule has 118 valence electrons. The molecule has 0 spiro atoms. The van der Waals surface area contributed by atoms with E-state index in [1.807, 2.05) is 0 Å². The third-order valence-corrected chi connectivity index (χ3v) is 2.85. The molecule has 0 aliphatic carbocycles. The van der Waals surface area contributed by atoms with E-state index in [1.165, 1.54) is 7.11 Å². The number of nitrogens with zero attached hydrogens (tertiary/aromatic N) is 1. The van der Waals surface area contributed by atoms with Gasteiger partial charge in [0.1, 0.15) is 22.6 Å². The molecule has 0 amide bonds. The summed E-state index contributed by atoms with van der Waals surface area (Å²) in [6, 6.07) is 6.98. The summed E-state index contributed by atoms with van der Waals surface area (Å²) in [6.45, 7) is 4.25. The maximum Gasteiger partial charge on any atom is 0.344 e. The smallest absolute Gasteiger partial charge is 0.344 e. The SMILES string of the molecule is COc1ccccc1-c1noc(CF)c1C(=O)OC(C)(C)C. The fourth-order valence-corrected chi connectivity index (χ4v) is 1.98. The molecule has 0 saturated carbocycles. The molecule has 5 nitrogen and oxygen atoms in total. The van der Waals surface area contributed by atoms with E-state index in [4.69, 9.17) is 14.0 Å². The van der Waals surface area contributed by atoms with Crippen molar-refractivity contribution in [2.75, 3.05) is 7.11 Å². The van der Waals surface area contributed by atoms with Crippen molar-refractivity contribution in [1.82, 2.24) is 5.16 Å². The highest BCUT2D eigenvalue weighted by Gasteiger charge is 2.29. The Kier molecular flexibility index (Phi) is 4.49. The van der Waals surface area contributed by atoms with Gasteiger partial charge in [0.05, 0.1) is 7.11 Å². The molecule has 0 bridgehead atoms. The Bertz CT molecular complexity index is 673. The van der Waals surface area contributed by atoms with Gasteiger partial charge in [-0.3, -0.25) is 0 Å². The van der Waals surface area contributed by atoms with E-state index in [-0.39, 0.29) is 17.0 Å². The van der Waals surface area contributed by atoms with Gasteiger partial charge in [0.15, 0.2) is 12.4 Å². The lowest BCUT2D eigenvalue weighted by Gasteiger charge is -2.19. The summed E-state index contributed by atoms with van der Waals surface area (Å²) in [5, 5.41) is 3.82. The zero-order chi connectivity index (χ0) is 16.3. The number of esters is 1.